The normalized spacial score (nSPS) is 18.9. The molecule has 0 spiro atoms. The number of carbonyl (C=O) groups excluding carboxylic acids is 1. The van der Waals surface area contributed by atoms with Crippen LogP contribution in [0.5, 0.6) is 0 Å². The van der Waals surface area contributed by atoms with E-state index >= 15 is 0 Å². The van der Waals surface area contributed by atoms with E-state index in [4.69, 9.17) is 11.0 Å². The number of carbonyl (C=O) groups is 1. The molecule has 0 aromatic carbocycles. The number of nitriles is 1. The van der Waals surface area contributed by atoms with Crippen molar-refractivity contribution in [3.8, 4) is 6.07 Å². The standard InChI is InChI=1S/C13H23N3O/c1-13(2,10-14)5-8-16-6-3-11(4-7-16)9-12(15)17/h11H,3-9H2,1-2H3,(H2,15,17). The highest BCUT2D eigenvalue weighted by Gasteiger charge is 2.23. The number of amides is 1. The zero-order chi connectivity index (χ0) is 12.9. The number of likely N-dealkylation sites (tertiary alicyclic amines) is 1. The van der Waals surface area contributed by atoms with Crippen LogP contribution in [0, 0.1) is 22.7 Å². The zero-order valence-electron chi connectivity index (χ0n) is 10.9. The molecule has 4 nitrogen and oxygen atoms in total. The van der Waals surface area contributed by atoms with E-state index in [0.717, 1.165) is 38.9 Å². The predicted octanol–water partition coefficient (Wildman–Crippen LogP) is 1.51. The molecule has 0 unspecified atom stereocenters. The van der Waals surface area contributed by atoms with E-state index in [9.17, 15) is 4.79 Å². The lowest BCUT2D eigenvalue weighted by molar-refractivity contribution is -0.119. The molecule has 2 N–H and O–H groups in total. The van der Waals surface area contributed by atoms with E-state index in [1.54, 1.807) is 0 Å². The molecule has 1 aliphatic heterocycles. The molecule has 0 saturated carbocycles. The van der Waals surface area contributed by atoms with Gasteiger partial charge in [0.15, 0.2) is 0 Å². The fourth-order valence-electron chi connectivity index (χ4n) is 2.19. The second kappa shape index (κ2) is 6.02. The van der Waals surface area contributed by atoms with Crippen molar-refractivity contribution in [1.82, 2.24) is 4.90 Å². The number of hydrogen-bond donors (Lipinski definition) is 1. The van der Waals surface area contributed by atoms with Gasteiger partial charge in [-0.1, -0.05) is 0 Å². The van der Waals surface area contributed by atoms with Gasteiger partial charge >= 0.3 is 0 Å². The molecule has 0 bridgehead atoms. The fourth-order valence-corrected chi connectivity index (χ4v) is 2.19. The second-order valence-electron chi connectivity index (χ2n) is 5.70. The molecule has 1 rings (SSSR count). The summed E-state index contributed by atoms with van der Waals surface area (Å²) < 4.78 is 0. The highest BCUT2D eigenvalue weighted by molar-refractivity contribution is 5.73. The summed E-state index contributed by atoms with van der Waals surface area (Å²) in [5.41, 5.74) is 4.97. The van der Waals surface area contributed by atoms with Gasteiger partial charge in [0.25, 0.3) is 0 Å². The van der Waals surface area contributed by atoms with E-state index in [1.807, 2.05) is 13.8 Å². The van der Waals surface area contributed by atoms with Crippen molar-refractivity contribution in [1.29, 1.82) is 5.26 Å². The molecule has 1 fully saturated rings. The summed E-state index contributed by atoms with van der Waals surface area (Å²) in [6.07, 6.45) is 3.54. The lowest BCUT2D eigenvalue weighted by Gasteiger charge is -2.32. The number of primary amides is 1. The lowest BCUT2D eigenvalue weighted by atomic mass is 9.89. The number of nitrogens with zero attached hydrogens (tertiary/aromatic N) is 2. The van der Waals surface area contributed by atoms with Crippen LogP contribution in [0.15, 0.2) is 0 Å². The first-order valence-electron chi connectivity index (χ1n) is 6.35. The Bertz CT molecular complexity index is 298. The van der Waals surface area contributed by atoms with E-state index < -0.39 is 0 Å². The van der Waals surface area contributed by atoms with Crippen LogP contribution in [0.4, 0.5) is 0 Å². The highest BCUT2D eigenvalue weighted by atomic mass is 16.1. The molecule has 0 aliphatic carbocycles. The van der Waals surface area contributed by atoms with E-state index in [2.05, 4.69) is 11.0 Å². The summed E-state index contributed by atoms with van der Waals surface area (Å²) in [5, 5.41) is 8.94. The van der Waals surface area contributed by atoms with Crippen LogP contribution >= 0.6 is 0 Å². The van der Waals surface area contributed by atoms with Gasteiger partial charge < -0.3 is 10.6 Å². The van der Waals surface area contributed by atoms with E-state index in [1.165, 1.54) is 0 Å². The minimum atomic E-state index is -0.232. The number of piperidine rings is 1. The molecule has 1 amide bonds. The van der Waals surface area contributed by atoms with Crippen LogP contribution in [0.25, 0.3) is 0 Å². The second-order valence-corrected chi connectivity index (χ2v) is 5.70. The summed E-state index contributed by atoms with van der Waals surface area (Å²) in [6, 6.07) is 2.33. The molecular formula is C13H23N3O. The lowest BCUT2D eigenvalue weighted by Crippen LogP contribution is -2.36. The maximum absolute atomic E-state index is 10.8. The topological polar surface area (TPSA) is 70.1 Å². The Morgan fingerprint density at radius 2 is 2.06 bits per heavy atom. The Balaban J connectivity index is 2.24. The Morgan fingerprint density at radius 1 is 1.47 bits per heavy atom. The molecule has 0 aromatic heterocycles. The van der Waals surface area contributed by atoms with Crippen molar-refractivity contribution in [2.24, 2.45) is 17.1 Å². The average molecular weight is 237 g/mol. The van der Waals surface area contributed by atoms with Gasteiger partial charge in [-0.15, -0.1) is 0 Å². The first kappa shape index (κ1) is 14.0. The van der Waals surface area contributed by atoms with Crippen molar-refractivity contribution < 1.29 is 4.79 Å². The van der Waals surface area contributed by atoms with Gasteiger partial charge in [-0.3, -0.25) is 4.79 Å². The molecule has 17 heavy (non-hydrogen) atoms. The van der Waals surface area contributed by atoms with Crippen LogP contribution in [0.1, 0.15) is 39.5 Å². The van der Waals surface area contributed by atoms with E-state index in [-0.39, 0.29) is 11.3 Å². The Hall–Kier alpha value is -1.08. The molecule has 96 valence electrons. The minimum Gasteiger partial charge on any atom is -0.370 e. The van der Waals surface area contributed by atoms with Crippen molar-refractivity contribution in [2.45, 2.75) is 39.5 Å². The van der Waals surface area contributed by atoms with Crippen molar-refractivity contribution in [3.05, 3.63) is 0 Å². The summed E-state index contributed by atoms with van der Waals surface area (Å²) in [4.78, 5) is 13.2. The predicted molar refractivity (Wildman–Crippen MR) is 67.0 cm³/mol. The molecule has 0 radical (unpaired) electrons. The molecule has 0 atom stereocenters. The molecule has 4 heteroatoms. The van der Waals surface area contributed by atoms with Crippen molar-refractivity contribution in [3.63, 3.8) is 0 Å². The quantitative estimate of drug-likeness (QED) is 0.788. The minimum absolute atomic E-state index is 0.186. The number of hydrogen-bond acceptors (Lipinski definition) is 3. The van der Waals surface area contributed by atoms with Crippen LogP contribution in [0.2, 0.25) is 0 Å². The van der Waals surface area contributed by atoms with Gasteiger partial charge in [0.2, 0.25) is 5.91 Å². The summed E-state index contributed by atoms with van der Waals surface area (Å²) in [6.45, 7) is 6.99. The van der Waals surface area contributed by atoms with Crippen LogP contribution < -0.4 is 5.73 Å². The fraction of sp³-hybridized carbons (Fsp3) is 0.846. The van der Waals surface area contributed by atoms with Crippen molar-refractivity contribution >= 4 is 5.91 Å². The first-order valence-corrected chi connectivity index (χ1v) is 6.35. The molecule has 1 heterocycles. The summed E-state index contributed by atoms with van der Waals surface area (Å²) >= 11 is 0. The van der Waals surface area contributed by atoms with Gasteiger partial charge in [-0.2, -0.15) is 5.26 Å². The maximum Gasteiger partial charge on any atom is 0.217 e. The average Bonchev–Trinajstić information content (AvgIpc) is 2.28. The molecule has 1 saturated heterocycles. The van der Waals surface area contributed by atoms with Gasteiger partial charge in [-0.05, 0) is 58.7 Å². The molecular weight excluding hydrogens is 214 g/mol. The third-order valence-electron chi connectivity index (χ3n) is 3.55. The number of rotatable bonds is 5. The van der Waals surface area contributed by atoms with Crippen LogP contribution in [0.3, 0.4) is 0 Å². The van der Waals surface area contributed by atoms with E-state index in [0.29, 0.717) is 12.3 Å². The largest absolute Gasteiger partial charge is 0.370 e. The SMILES string of the molecule is CC(C)(C#N)CCN1CCC(CC(N)=O)CC1. The van der Waals surface area contributed by atoms with Crippen molar-refractivity contribution in [2.75, 3.05) is 19.6 Å². The Morgan fingerprint density at radius 3 is 2.53 bits per heavy atom. The van der Waals surface area contributed by atoms with Gasteiger partial charge in [0.05, 0.1) is 11.5 Å². The monoisotopic (exact) mass is 237 g/mol. The zero-order valence-corrected chi connectivity index (χ0v) is 10.9. The number of nitrogens with two attached hydrogens (primary N) is 1. The smallest absolute Gasteiger partial charge is 0.217 e. The summed E-state index contributed by atoms with van der Waals surface area (Å²) in [5.74, 6) is 0.279. The third-order valence-corrected chi connectivity index (χ3v) is 3.55. The van der Waals surface area contributed by atoms with Crippen LogP contribution in [-0.2, 0) is 4.79 Å². The maximum atomic E-state index is 10.8. The van der Waals surface area contributed by atoms with Crippen LogP contribution in [-0.4, -0.2) is 30.4 Å². The first-order chi connectivity index (χ1) is 7.93. The highest BCUT2D eigenvalue weighted by Crippen LogP contribution is 2.23. The summed E-state index contributed by atoms with van der Waals surface area (Å²) in [7, 11) is 0. The third kappa shape index (κ3) is 5.18. The van der Waals surface area contributed by atoms with Gasteiger partial charge in [0.1, 0.15) is 0 Å². The molecule has 0 aromatic rings. The Kier molecular flexibility index (Phi) is 4.95. The molecule has 1 aliphatic rings. The van der Waals surface area contributed by atoms with Gasteiger partial charge in [-0.25, -0.2) is 0 Å². The van der Waals surface area contributed by atoms with Gasteiger partial charge in [0, 0.05) is 6.42 Å². The Labute approximate surface area is 104 Å².